The van der Waals surface area contributed by atoms with Gasteiger partial charge in [0.25, 0.3) is 0 Å². The number of rotatable bonds is 3. The molecule has 1 N–H and O–H groups in total. The molecule has 0 spiro atoms. The third kappa shape index (κ3) is 3.17. The molecule has 2 nitrogen and oxygen atoms in total. The second kappa shape index (κ2) is 4.94. The van der Waals surface area contributed by atoms with E-state index >= 15 is 0 Å². The highest BCUT2D eigenvalue weighted by atomic mass is 79.9. The molecular formula is C9H7BrF2O2S. The number of hydrogen-bond donors (Lipinski definition) is 1. The molecule has 0 radical (unpaired) electrons. The van der Waals surface area contributed by atoms with Crippen LogP contribution in [0.1, 0.15) is 6.92 Å². The van der Waals surface area contributed by atoms with Crippen molar-refractivity contribution in [2.75, 3.05) is 0 Å². The van der Waals surface area contributed by atoms with Gasteiger partial charge in [-0.25, -0.2) is 8.78 Å². The fourth-order valence-corrected chi connectivity index (χ4v) is 2.07. The average molecular weight is 297 g/mol. The van der Waals surface area contributed by atoms with Crippen molar-refractivity contribution in [3.63, 3.8) is 0 Å². The van der Waals surface area contributed by atoms with Crippen LogP contribution >= 0.6 is 27.7 Å². The quantitative estimate of drug-likeness (QED) is 0.870. The van der Waals surface area contributed by atoms with Crippen molar-refractivity contribution in [1.29, 1.82) is 0 Å². The van der Waals surface area contributed by atoms with Gasteiger partial charge >= 0.3 is 5.97 Å². The van der Waals surface area contributed by atoms with Crippen molar-refractivity contribution >= 4 is 33.7 Å². The lowest BCUT2D eigenvalue weighted by atomic mass is 10.3. The Kier molecular flexibility index (Phi) is 4.10. The summed E-state index contributed by atoms with van der Waals surface area (Å²) in [6.45, 7) is 1.37. The molecule has 1 aromatic rings. The van der Waals surface area contributed by atoms with E-state index < -0.39 is 22.9 Å². The topological polar surface area (TPSA) is 37.3 Å². The van der Waals surface area contributed by atoms with E-state index in [-0.39, 0.29) is 9.37 Å². The number of thioether (sulfide) groups is 1. The van der Waals surface area contributed by atoms with Crippen molar-refractivity contribution in [2.24, 2.45) is 0 Å². The standard InChI is InChI=1S/C9H7BrF2O2S/c1-4(9(13)14)15-8-6(11)2-5(10)3-7(8)12/h2-4H,1H3,(H,13,14). The van der Waals surface area contributed by atoms with Crippen molar-refractivity contribution in [1.82, 2.24) is 0 Å². The largest absolute Gasteiger partial charge is 0.480 e. The van der Waals surface area contributed by atoms with Gasteiger partial charge in [-0.1, -0.05) is 15.9 Å². The summed E-state index contributed by atoms with van der Waals surface area (Å²) in [4.78, 5) is 10.2. The van der Waals surface area contributed by atoms with E-state index in [9.17, 15) is 13.6 Å². The molecule has 0 amide bonds. The van der Waals surface area contributed by atoms with E-state index in [1.807, 2.05) is 0 Å². The molecule has 1 aromatic carbocycles. The number of aliphatic carboxylic acids is 1. The Morgan fingerprint density at radius 2 is 1.93 bits per heavy atom. The molecule has 1 unspecified atom stereocenters. The zero-order chi connectivity index (χ0) is 11.6. The number of carboxylic acids is 1. The summed E-state index contributed by atoms with van der Waals surface area (Å²) in [5.41, 5.74) is 0. The van der Waals surface area contributed by atoms with Gasteiger partial charge in [0.05, 0.1) is 4.90 Å². The molecule has 0 saturated heterocycles. The van der Waals surface area contributed by atoms with E-state index in [0.717, 1.165) is 12.1 Å². The van der Waals surface area contributed by atoms with Gasteiger partial charge in [-0.15, -0.1) is 11.8 Å². The van der Waals surface area contributed by atoms with E-state index in [4.69, 9.17) is 5.11 Å². The van der Waals surface area contributed by atoms with Crippen LogP contribution in [0.15, 0.2) is 21.5 Å². The second-order valence-corrected chi connectivity index (χ2v) is 5.06. The monoisotopic (exact) mass is 296 g/mol. The molecule has 82 valence electrons. The molecule has 0 heterocycles. The first kappa shape index (κ1) is 12.4. The Labute approximate surface area is 97.8 Å². The number of hydrogen-bond acceptors (Lipinski definition) is 2. The minimum absolute atomic E-state index is 0.270. The summed E-state index contributed by atoms with van der Waals surface area (Å²) in [7, 11) is 0. The van der Waals surface area contributed by atoms with Crippen LogP contribution in [0.4, 0.5) is 8.78 Å². The van der Waals surface area contributed by atoms with Gasteiger partial charge in [0.1, 0.15) is 16.9 Å². The molecule has 0 bridgehead atoms. The third-order valence-electron chi connectivity index (χ3n) is 1.61. The molecule has 0 fully saturated rings. The van der Waals surface area contributed by atoms with Crippen LogP contribution in [0.25, 0.3) is 0 Å². The Balaban J connectivity index is 3.00. The molecule has 0 saturated carbocycles. The fraction of sp³-hybridized carbons (Fsp3) is 0.222. The zero-order valence-corrected chi connectivity index (χ0v) is 10.0. The summed E-state index contributed by atoms with van der Waals surface area (Å²) in [6.07, 6.45) is 0. The maximum Gasteiger partial charge on any atom is 0.316 e. The number of benzene rings is 1. The normalized spacial score (nSPS) is 12.5. The predicted molar refractivity (Wildman–Crippen MR) is 57.0 cm³/mol. The van der Waals surface area contributed by atoms with Gasteiger partial charge in [0.2, 0.25) is 0 Å². The molecule has 1 rings (SSSR count). The molecular weight excluding hydrogens is 290 g/mol. The minimum atomic E-state index is -1.11. The molecule has 6 heteroatoms. The molecule has 0 aliphatic heterocycles. The van der Waals surface area contributed by atoms with Gasteiger partial charge < -0.3 is 5.11 Å². The van der Waals surface area contributed by atoms with Crippen LogP contribution in [0.3, 0.4) is 0 Å². The fourth-order valence-electron chi connectivity index (χ4n) is 0.869. The van der Waals surface area contributed by atoms with Crippen molar-refractivity contribution in [3.05, 3.63) is 28.2 Å². The van der Waals surface area contributed by atoms with Crippen LogP contribution < -0.4 is 0 Å². The van der Waals surface area contributed by atoms with E-state index in [0.29, 0.717) is 11.8 Å². The summed E-state index contributed by atoms with van der Waals surface area (Å²) in [5, 5.41) is 7.71. The van der Waals surface area contributed by atoms with Crippen LogP contribution in [-0.2, 0) is 4.79 Å². The van der Waals surface area contributed by atoms with E-state index in [1.165, 1.54) is 6.92 Å². The Morgan fingerprint density at radius 1 is 1.47 bits per heavy atom. The van der Waals surface area contributed by atoms with Crippen molar-refractivity contribution in [2.45, 2.75) is 17.1 Å². The molecule has 0 aliphatic rings. The van der Waals surface area contributed by atoms with Crippen LogP contribution in [-0.4, -0.2) is 16.3 Å². The van der Waals surface area contributed by atoms with Crippen LogP contribution in [0, 0.1) is 11.6 Å². The smallest absolute Gasteiger partial charge is 0.316 e. The van der Waals surface area contributed by atoms with Crippen LogP contribution in [0.5, 0.6) is 0 Å². The van der Waals surface area contributed by atoms with Gasteiger partial charge in [-0.3, -0.25) is 4.79 Å². The van der Waals surface area contributed by atoms with Gasteiger partial charge in [0, 0.05) is 4.47 Å². The van der Waals surface area contributed by atoms with Gasteiger partial charge in [-0.2, -0.15) is 0 Å². The summed E-state index contributed by atoms with van der Waals surface area (Å²) >= 11 is 3.58. The first-order chi connectivity index (χ1) is 6.91. The molecule has 0 aromatic heterocycles. The second-order valence-electron chi connectivity index (χ2n) is 2.80. The van der Waals surface area contributed by atoms with E-state index in [1.54, 1.807) is 0 Å². The highest BCUT2D eigenvalue weighted by Gasteiger charge is 2.18. The Morgan fingerprint density at radius 3 is 2.33 bits per heavy atom. The lowest BCUT2D eigenvalue weighted by molar-refractivity contribution is -0.136. The van der Waals surface area contributed by atoms with Crippen molar-refractivity contribution < 1.29 is 18.7 Å². The summed E-state index contributed by atoms with van der Waals surface area (Å²) < 4.78 is 26.8. The number of carboxylic acid groups (broad SMARTS) is 1. The van der Waals surface area contributed by atoms with Crippen molar-refractivity contribution in [3.8, 4) is 0 Å². The Hall–Kier alpha value is -0.620. The third-order valence-corrected chi connectivity index (χ3v) is 3.24. The molecule has 15 heavy (non-hydrogen) atoms. The number of carbonyl (C=O) groups is 1. The average Bonchev–Trinajstić information content (AvgIpc) is 2.10. The minimum Gasteiger partial charge on any atom is -0.480 e. The summed E-state index contributed by atoms with van der Waals surface area (Å²) in [6, 6.07) is 2.19. The lowest BCUT2D eigenvalue weighted by Gasteiger charge is -2.08. The predicted octanol–water partition coefficient (Wildman–Crippen LogP) is 3.29. The van der Waals surface area contributed by atoms with E-state index in [2.05, 4.69) is 15.9 Å². The highest BCUT2D eigenvalue weighted by molar-refractivity contribution is 9.10. The van der Waals surface area contributed by atoms with Gasteiger partial charge in [0.15, 0.2) is 0 Å². The first-order valence-corrected chi connectivity index (χ1v) is 5.63. The molecule has 0 aliphatic carbocycles. The zero-order valence-electron chi connectivity index (χ0n) is 7.63. The highest BCUT2D eigenvalue weighted by Crippen LogP contribution is 2.31. The number of halogens is 3. The lowest BCUT2D eigenvalue weighted by Crippen LogP contribution is -2.12. The van der Waals surface area contributed by atoms with Crippen LogP contribution in [0.2, 0.25) is 0 Å². The maximum atomic E-state index is 13.3. The summed E-state index contributed by atoms with van der Waals surface area (Å²) in [5.74, 6) is -2.64. The molecule has 1 atom stereocenters. The maximum absolute atomic E-state index is 13.3. The first-order valence-electron chi connectivity index (χ1n) is 3.96. The Bertz CT molecular complexity index is 375. The SMILES string of the molecule is CC(Sc1c(F)cc(Br)cc1F)C(=O)O. The van der Waals surface area contributed by atoms with Gasteiger partial charge in [-0.05, 0) is 19.1 Å².